The summed E-state index contributed by atoms with van der Waals surface area (Å²) in [5, 5.41) is 3.58. The average Bonchev–Trinajstić information content (AvgIpc) is 3.02. The molecule has 1 N–H and O–H groups in total. The van der Waals surface area contributed by atoms with Gasteiger partial charge in [0.25, 0.3) is 0 Å². The van der Waals surface area contributed by atoms with Crippen molar-refractivity contribution in [2.45, 2.75) is 18.9 Å². The molecule has 1 atom stereocenters. The summed E-state index contributed by atoms with van der Waals surface area (Å²) >= 11 is 0. The highest BCUT2D eigenvalue weighted by Gasteiger charge is 2.23. The maximum atomic E-state index is 4.49. The van der Waals surface area contributed by atoms with E-state index in [1.165, 1.54) is 25.1 Å². The Morgan fingerprint density at radius 3 is 2.42 bits per heavy atom. The van der Waals surface area contributed by atoms with Crippen LogP contribution in [0, 0.1) is 0 Å². The Morgan fingerprint density at radius 2 is 1.83 bits per heavy atom. The second kappa shape index (κ2) is 9.46. The summed E-state index contributed by atoms with van der Waals surface area (Å²) in [5.41, 5.74) is 1.32. The Bertz CT molecular complexity index is 513. The third kappa shape index (κ3) is 4.75. The van der Waals surface area contributed by atoms with Crippen LogP contribution in [-0.2, 0) is 0 Å². The van der Waals surface area contributed by atoms with Crippen molar-refractivity contribution in [1.82, 2.24) is 15.1 Å². The minimum atomic E-state index is 0. The molecule has 0 radical (unpaired) electrons. The molecular formula is C18H30IN5. The Morgan fingerprint density at radius 1 is 1.12 bits per heavy atom. The molecule has 1 aromatic rings. The van der Waals surface area contributed by atoms with E-state index in [4.69, 9.17) is 0 Å². The van der Waals surface area contributed by atoms with Crippen molar-refractivity contribution < 1.29 is 0 Å². The Kier molecular flexibility index (Phi) is 7.61. The molecule has 1 unspecified atom stereocenters. The molecule has 2 aliphatic heterocycles. The molecule has 2 aliphatic rings. The summed E-state index contributed by atoms with van der Waals surface area (Å²) in [6.45, 7) is 6.37. The largest absolute Gasteiger partial charge is 0.368 e. The van der Waals surface area contributed by atoms with Crippen molar-refractivity contribution in [1.29, 1.82) is 0 Å². The van der Waals surface area contributed by atoms with Gasteiger partial charge in [-0.1, -0.05) is 18.2 Å². The summed E-state index contributed by atoms with van der Waals surface area (Å²) in [4.78, 5) is 11.8. The lowest BCUT2D eigenvalue weighted by atomic mass is 10.2. The van der Waals surface area contributed by atoms with Gasteiger partial charge >= 0.3 is 0 Å². The van der Waals surface area contributed by atoms with Crippen LogP contribution in [0.5, 0.6) is 0 Å². The van der Waals surface area contributed by atoms with Crippen LogP contribution in [0.2, 0.25) is 0 Å². The number of anilines is 1. The van der Waals surface area contributed by atoms with E-state index in [0.717, 1.165) is 38.7 Å². The lowest BCUT2D eigenvalue weighted by Gasteiger charge is -2.38. The number of rotatable bonds is 3. The number of aliphatic imine (C=N–C) groups is 1. The van der Waals surface area contributed by atoms with E-state index in [1.807, 2.05) is 7.05 Å². The number of likely N-dealkylation sites (tertiary alicyclic amines) is 1. The number of guanidine groups is 1. The first-order valence-electron chi connectivity index (χ1n) is 8.74. The molecule has 2 fully saturated rings. The number of piperazine rings is 1. The first kappa shape index (κ1) is 19.3. The van der Waals surface area contributed by atoms with Crippen molar-refractivity contribution in [2.24, 2.45) is 4.99 Å². The van der Waals surface area contributed by atoms with E-state index in [9.17, 15) is 0 Å². The highest BCUT2D eigenvalue weighted by Crippen LogP contribution is 2.16. The zero-order chi connectivity index (χ0) is 16.1. The second-order valence-electron chi connectivity index (χ2n) is 6.51. The van der Waals surface area contributed by atoms with Crippen molar-refractivity contribution in [3.8, 4) is 0 Å². The zero-order valence-corrected chi connectivity index (χ0v) is 17.1. The number of nitrogens with zero attached hydrogens (tertiary/aromatic N) is 4. The van der Waals surface area contributed by atoms with E-state index >= 15 is 0 Å². The molecule has 6 heteroatoms. The zero-order valence-electron chi connectivity index (χ0n) is 14.8. The number of halogens is 1. The van der Waals surface area contributed by atoms with E-state index < -0.39 is 0 Å². The predicted molar refractivity (Wildman–Crippen MR) is 113 cm³/mol. The van der Waals surface area contributed by atoms with Gasteiger partial charge in [-0.3, -0.25) is 4.99 Å². The van der Waals surface area contributed by atoms with Gasteiger partial charge in [-0.2, -0.15) is 0 Å². The minimum absolute atomic E-state index is 0. The standard InChI is InChI=1S/C18H29N5.HI/c1-19-18(20-15-17-9-6-10-21(17)2)23-13-11-22(12-14-23)16-7-4-3-5-8-16;/h3-5,7-8,17H,6,9-15H2,1-2H3,(H,19,20);1H. The number of para-hydroxylation sites is 1. The number of hydrogen-bond acceptors (Lipinski definition) is 3. The number of hydrogen-bond donors (Lipinski definition) is 1. The Labute approximate surface area is 163 Å². The predicted octanol–water partition coefficient (Wildman–Crippen LogP) is 2.10. The van der Waals surface area contributed by atoms with E-state index in [0.29, 0.717) is 6.04 Å². The van der Waals surface area contributed by atoms with Crippen LogP contribution < -0.4 is 10.2 Å². The van der Waals surface area contributed by atoms with Gasteiger partial charge in [-0.15, -0.1) is 24.0 Å². The molecular weight excluding hydrogens is 413 g/mol. The Hall–Kier alpha value is -1.02. The third-order valence-electron chi connectivity index (χ3n) is 5.08. The molecule has 134 valence electrons. The van der Waals surface area contributed by atoms with Crippen LogP contribution in [0.1, 0.15) is 12.8 Å². The van der Waals surface area contributed by atoms with Crippen LogP contribution in [0.15, 0.2) is 35.3 Å². The molecule has 0 aromatic heterocycles. The van der Waals surface area contributed by atoms with Crippen LogP contribution in [0.3, 0.4) is 0 Å². The summed E-state index contributed by atoms with van der Waals surface area (Å²) in [6.07, 6.45) is 2.61. The first-order valence-corrected chi connectivity index (χ1v) is 8.74. The van der Waals surface area contributed by atoms with Gasteiger partial charge in [0.05, 0.1) is 0 Å². The van der Waals surface area contributed by atoms with E-state index in [-0.39, 0.29) is 24.0 Å². The molecule has 2 heterocycles. The van der Waals surface area contributed by atoms with Crippen molar-refractivity contribution in [3.63, 3.8) is 0 Å². The smallest absolute Gasteiger partial charge is 0.193 e. The van der Waals surface area contributed by atoms with Crippen LogP contribution in [0.25, 0.3) is 0 Å². The molecule has 0 aliphatic carbocycles. The van der Waals surface area contributed by atoms with Gasteiger partial charge in [-0.05, 0) is 38.6 Å². The molecule has 3 rings (SSSR count). The number of nitrogens with one attached hydrogen (secondary N) is 1. The second-order valence-corrected chi connectivity index (χ2v) is 6.51. The first-order chi connectivity index (χ1) is 11.3. The quantitative estimate of drug-likeness (QED) is 0.441. The van der Waals surface area contributed by atoms with Gasteiger partial charge in [0.2, 0.25) is 0 Å². The summed E-state index contributed by atoms with van der Waals surface area (Å²) < 4.78 is 0. The normalized spacial score (nSPS) is 22.4. The molecule has 0 saturated carbocycles. The van der Waals surface area contributed by atoms with E-state index in [1.54, 1.807) is 0 Å². The SMILES string of the molecule is CN=C(NCC1CCCN1C)N1CCN(c2ccccc2)CC1.I. The van der Waals surface area contributed by atoms with Crippen molar-refractivity contribution in [3.05, 3.63) is 30.3 Å². The fraction of sp³-hybridized carbons (Fsp3) is 0.611. The molecule has 24 heavy (non-hydrogen) atoms. The average molecular weight is 443 g/mol. The maximum Gasteiger partial charge on any atom is 0.193 e. The highest BCUT2D eigenvalue weighted by atomic mass is 127. The number of benzene rings is 1. The Balaban J connectivity index is 0.00000208. The van der Waals surface area contributed by atoms with Gasteiger partial charge in [0, 0.05) is 51.5 Å². The lowest BCUT2D eigenvalue weighted by Crippen LogP contribution is -2.54. The minimum Gasteiger partial charge on any atom is -0.368 e. The van der Waals surface area contributed by atoms with Gasteiger partial charge in [-0.25, -0.2) is 0 Å². The third-order valence-corrected chi connectivity index (χ3v) is 5.08. The maximum absolute atomic E-state index is 4.49. The summed E-state index contributed by atoms with van der Waals surface area (Å²) in [6, 6.07) is 11.3. The molecule has 0 amide bonds. The van der Waals surface area contributed by atoms with Crippen molar-refractivity contribution >= 4 is 35.6 Å². The van der Waals surface area contributed by atoms with Gasteiger partial charge in [0.15, 0.2) is 5.96 Å². The lowest BCUT2D eigenvalue weighted by molar-refractivity contribution is 0.303. The fourth-order valence-electron chi connectivity index (χ4n) is 3.59. The topological polar surface area (TPSA) is 34.1 Å². The molecule has 0 bridgehead atoms. The van der Waals surface area contributed by atoms with Crippen LogP contribution in [-0.4, -0.2) is 75.2 Å². The highest BCUT2D eigenvalue weighted by molar-refractivity contribution is 14.0. The number of likely N-dealkylation sites (N-methyl/N-ethyl adjacent to an activating group) is 1. The molecule has 5 nitrogen and oxygen atoms in total. The van der Waals surface area contributed by atoms with Crippen LogP contribution >= 0.6 is 24.0 Å². The van der Waals surface area contributed by atoms with Crippen LogP contribution in [0.4, 0.5) is 5.69 Å². The van der Waals surface area contributed by atoms with E-state index in [2.05, 4.69) is 62.4 Å². The molecule has 1 aromatic carbocycles. The molecule has 0 spiro atoms. The molecule has 2 saturated heterocycles. The monoisotopic (exact) mass is 443 g/mol. The summed E-state index contributed by atoms with van der Waals surface area (Å²) in [7, 11) is 4.12. The van der Waals surface area contributed by atoms with Crippen molar-refractivity contribution in [2.75, 3.05) is 58.3 Å². The summed E-state index contributed by atoms with van der Waals surface area (Å²) in [5.74, 6) is 1.05. The van der Waals surface area contributed by atoms with Gasteiger partial charge in [0.1, 0.15) is 0 Å². The fourth-order valence-corrected chi connectivity index (χ4v) is 3.59. The van der Waals surface area contributed by atoms with Gasteiger partial charge < -0.3 is 20.0 Å².